The number of oxime groups is 1. The Morgan fingerprint density at radius 3 is 2.38 bits per heavy atom. The molecule has 16 heavy (non-hydrogen) atoms. The summed E-state index contributed by atoms with van der Waals surface area (Å²) in [5.74, 6) is -0.243. The molecule has 0 radical (unpaired) electrons. The van der Waals surface area contributed by atoms with Crippen molar-refractivity contribution in [2.75, 3.05) is 5.32 Å². The SMILES string of the molecule is CC(=O)/C(C)=N\OC(=O)Nc1ccccc1. The number of hydrogen-bond donors (Lipinski definition) is 1. The maximum atomic E-state index is 11.2. The van der Waals surface area contributed by atoms with E-state index in [-0.39, 0.29) is 11.5 Å². The molecule has 0 aliphatic carbocycles. The van der Waals surface area contributed by atoms with Crippen LogP contribution >= 0.6 is 0 Å². The molecule has 0 heterocycles. The highest BCUT2D eigenvalue weighted by Crippen LogP contribution is 2.05. The van der Waals surface area contributed by atoms with Crippen molar-refractivity contribution < 1.29 is 14.4 Å². The van der Waals surface area contributed by atoms with Crippen LogP contribution < -0.4 is 5.32 Å². The van der Waals surface area contributed by atoms with Crippen LogP contribution in [0, 0.1) is 0 Å². The first-order valence-electron chi connectivity index (χ1n) is 4.68. The average Bonchev–Trinajstić information content (AvgIpc) is 2.27. The number of anilines is 1. The Balaban J connectivity index is 2.49. The van der Waals surface area contributed by atoms with E-state index in [4.69, 9.17) is 0 Å². The van der Waals surface area contributed by atoms with Gasteiger partial charge in [-0.2, -0.15) is 0 Å². The van der Waals surface area contributed by atoms with Gasteiger partial charge in [-0.05, 0) is 19.1 Å². The highest BCUT2D eigenvalue weighted by molar-refractivity contribution is 6.37. The number of benzene rings is 1. The fourth-order valence-corrected chi connectivity index (χ4v) is 0.836. The van der Waals surface area contributed by atoms with Gasteiger partial charge in [0.25, 0.3) is 0 Å². The summed E-state index contributed by atoms with van der Waals surface area (Å²) in [6, 6.07) is 8.81. The Hall–Kier alpha value is -2.17. The molecule has 0 fully saturated rings. The van der Waals surface area contributed by atoms with Crippen molar-refractivity contribution in [2.45, 2.75) is 13.8 Å². The lowest BCUT2D eigenvalue weighted by atomic mass is 10.3. The van der Waals surface area contributed by atoms with Crippen LogP contribution in [-0.2, 0) is 9.63 Å². The van der Waals surface area contributed by atoms with Crippen molar-refractivity contribution in [2.24, 2.45) is 5.16 Å². The lowest BCUT2D eigenvalue weighted by Gasteiger charge is -2.01. The molecule has 1 amide bonds. The quantitative estimate of drug-likeness (QED) is 0.482. The maximum absolute atomic E-state index is 11.2. The summed E-state index contributed by atoms with van der Waals surface area (Å²) >= 11 is 0. The molecule has 5 heteroatoms. The van der Waals surface area contributed by atoms with E-state index >= 15 is 0 Å². The van der Waals surface area contributed by atoms with Crippen molar-refractivity contribution in [3.05, 3.63) is 30.3 Å². The molecule has 0 aliphatic heterocycles. The molecule has 0 unspecified atom stereocenters. The van der Waals surface area contributed by atoms with Crippen LogP contribution in [0.4, 0.5) is 10.5 Å². The Morgan fingerprint density at radius 2 is 1.81 bits per heavy atom. The minimum atomic E-state index is -0.730. The number of nitrogens with zero attached hydrogens (tertiary/aromatic N) is 1. The summed E-state index contributed by atoms with van der Waals surface area (Å²) < 4.78 is 0. The van der Waals surface area contributed by atoms with Crippen molar-refractivity contribution in [1.29, 1.82) is 0 Å². The van der Waals surface area contributed by atoms with Gasteiger partial charge in [0.2, 0.25) is 0 Å². The van der Waals surface area contributed by atoms with Crippen LogP contribution in [0.1, 0.15) is 13.8 Å². The third-order valence-corrected chi connectivity index (χ3v) is 1.80. The predicted octanol–water partition coefficient (Wildman–Crippen LogP) is 2.20. The Bertz CT molecular complexity index is 412. The van der Waals surface area contributed by atoms with Crippen LogP contribution in [0.25, 0.3) is 0 Å². The topological polar surface area (TPSA) is 67.8 Å². The van der Waals surface area contributed by atoms with Crippen LogP contribution in [0.5, 0.6) is 0 Å². The molecule has 0 atom stereocenters. The van der Waals surface area contributed by atoms with Crippen LogP contribution in [0.3, 0.4) is 0 Å². The van der Waals surface area contributed by atoms with Gasteiger partial charge in [-0.1, -0.05) is 23.4 Å². The smallest absolute Gasteiger partial charge is 0.297 e. The number of carbonyl (C=O) groups excluding carboxylic acids is 2. The summed E-state index contributed by atoms with van der Waals surface area (Å²) in [5.41, 5.74) is 0.742. The molecule has 0 spiro atoms. The molecular formula is C11H12N2O3. The molecular weight excluding hydrogens is 208 g/mol. The number of nitrogens with one attached hydrogen (secondary N) is 1. The van der Waals surface area contributed by atoms with E-state index in [9.17, 15) is 9.59 Å². The van der Waals surface area contributed by atoms with Crippen molar-refractivity contribution in [3.8, 4) is 0 Å². The molecule has 0 aliphatic rings. The minimum absolute atomic E-state index is 0.142. The highest BCUT2D eigenvalue weighted by atomic mass is 16.7. The fraction of sp³-hybridized carbons (Fsp3) is 0.182. The van der Waals surface area contributed by atoms with E-state index in [1.807, 2.05) is 6.07 Å². The van der Waals surface area contributed by atoms with Gasteiger partial charge in [0, 0.05) is 12.6 Å². The molecule has 1 aromatic rings. The van der Waals surface area contributed by atoms with E-state index in [1.54, 1.807) is 24.3 Å². The normalized spacial score (nSPS) is 10.8. The number of hydrogen-bond acceptors (Lipinski definition) is 4. The van der Waals surface area contributed by atoms with Gasteiger partial charge in [0.1, 0.15) is 5.71 Å². The number of para-hydroxylation sites is 1. The second kappa shape index (κ2) is 5.65. The fourth-order valence-electron chi connectivity index (χ4n) is 0.836. The third kappa shape index (κ3) is 3.91. The van der Waals surface area contributed by atoms with E-state index in [1.165, 1.54) is 13.8 Å². The zero-order chi connectivity index (χ0) is 12.0. The molecule has 0 bridgehead atoms. The van der Waals surface area contributed by atoms with E-state index in [2.05, 4.69) is 15.3 Å². The summed E-state index contributed by atoms with van der Waals surface area (Å²) in [6.45, 7) is 2.81. The molecule has 5 nitrogen and oxygen atoms in total. The molecule has 0 saturated heterocycles. The van der Waals surface area contributed by atoms with Gasteiger partial charge in [-0.3, -0.25) is 14.9 Å². The maximum Gasteiger partial charge on any atom is 0.437 e. The van der Waals surface area contributed by atoms with Gasteiger partial charge in [0.05, 0.1) is 0 Å². The first kappa shape index (κ1) is 11.9. The Kier molecular flexibility index (Phi) is 4.20. The number of amides is 1. The van der Waals surface area contributed by atoms with E-state index < -0.39 is 6.09 Å². The van der Waals surface area contributed by atoms with Gasteiger partial charge < -0.3 is 0 Å². The van der Waals surface area contributed by atoms with Gasteiger partial charge in [0.15, 0.2) is 5.78 Å². The Morgan fingerprint density at radius 1 is 1.19 bits per heavy atom. The molecule has 0 aromatic heterocycles. The second-order valence-electron chi connectivity index (χ2n) is 3.10. The van der Waals surface area contributed by atoms with E-state index in [0.29, 0.717) is 5.69 Å². The van der Waals surface area contributed by atoms with Crippen molar-refractivity contribution in [1.82, 2.24) is 0 Å². The first-order valence-corrected chi connectivity index (χ1v) is 4.68. The standard InChI is InChI=1S/C11H12N2O3/c1-8(9(2)14)13-16-11(15)12-10-6-4-3-5-7-10/h3-7H,1-2H3,(H,12,15)/b13-8-. The van der Waals surface area contributed by atoms with Crippen molar-refractivity contribution >= 4 is 23.3 Å². The highest BCUT2D eigenvalue weighted by Gasteiger charge is 2.04. The number of carbonyl (C=O) groups is 2. The molecule has 1 N–H and O–H groups in total. The average molecular weight is 220 g/mol. The molecule has 1 aromatic carbocycles. The third-order valence-electron chi connectivity index (χ3n) is 1.80. The van der Waals surface area contributed by atoms with E-state index in [0.717, 1.165) is 0 Å². The number of ketones is 1. The van der Waals surface area contributed by atoms with Crippen LogP contribution in [0.2, 0.25) is 0 Å². The second-order valence-corrected chi connectivity index (χ2v) is 3.10. The summed E-state index contributed by atoms with van der Waals surface area (Å²) in [7, 11) is 0. The number of rotatable bonds is 3. The largest absolute Gasteiger partial charge is 0.437 e. The van der Waals surface area contributed by atoms with Gasteiger partial charge >= 0.3 is 6.09 Å². The number of Topliss-reactive ketones (excluding diaryl/α,β-unsaturated/α-hetero) is 1. The zero-order valence-electron chi connectivity index (χ0n) is 9.06. The summed E-state index contributed by atoms with van der Waals surface area (Å²) in [5, 5.41) is 5.83. The first-order chi connectivity index (χ1) is 7.59. The van der Waals surface area contributed by atoms with Crippen LogP contribution in [-0.4, -0.2) is 17.6 Å². The van der Waals surface area contributed by atoms with Crippen molar-refractivity contribution in [3.63, 3.8) is 0 Å². The lowest BCUT2D eigenvalue weighted by Crippen LogP contribution is -2.13. The Labute approximate surface area is 93.1 Å². The summed E-state index contributed by atoms with van der Waals surface area (Å²) in [4.78, 5) is 26.4. The zero-order valence-corrected chi connectivity index (χ0v) is 9.06. The lowest BCUT2D eigenvalue weighted by molar-refractivity contribution is -0.111. The minimum Gasteiger partial charge on any atom is -0.297 e. The monoisotopic (exact) mass is 220 g/mol. The van der Waals surface area contributed by atoms with Gasteiger partial charge in [-0.25, -0.2) is 4.79 Å². The molecule has 84 valence electrons. The summed E-state index contributed by atoms with van der Waals surface area (Å²) in [6.07, 6.45) is -0.730. The molecule has 0 saturated carbocycles. The van der Waals surface area contributed by atoms with Crippen LogP contribution in [0.15, 0.2) is 35.5 Å². The molecule has 1 rings (SSSR count). The van der Waals surface area contributed by atoms with Gasteiger partial charge in [-0.15, -0.1) is 0 Å². The predicted molar refractivity (Wildman–Crippen MR) is 60.3 cm³/mol.